The Bertz CT molecular complexity index is 1240. The van der Waals surface area contributed by atoms with Gasteiger partial charge in [0.1, 0.15) is 29.5 Å². The van der Waals surface area contributed by atoms with Crippen LogP contribution in [0.25, 0.3) is 22.3 Å². The second-order valence-electron chi connectivity index (χ2n) is 9.54. The Hall–Kier alpha value is -3.14. The fourth-order valence-corrected chi connectivity index (χ4v) is 4.62. The van der Waals surface area contributed by atoms with Gasteiger partial charge in [0.25, 0.3) is 12.3 Å². The summed E-state index contributed by atoms with van der Waals surface area (Å²) in [6.45, 7) is 2.24. The molecule has 0 unspecified atom stereocenters. The molecule has 35 heavy (non-hydrogen) atoms. The van der Waals surface area contributed by atoms with Crippen molar-refractivity contribution in [3.8, 4) is 17.0 Å². The fourth-order valence-electron chi connectivity index (χ4n) is 4.62. The number of alkyl halides is 3. The first-order chi connectivity index (χ1) is 16.8. The lowest BCUT2D eigenvalue weighted by atomic mass is 9.90. The number of fused-ring (bicyclic) bond motifs is 1. The number of nitrogens with one attached hydrogen (secondary N) is 2. The molecule has 0 saturated heterocycles. The van der Waals surface area contributed by atoms with Crippen LogP contribution in [0.4, 0.5) is 13.2 Å². The summed E-state index contributed by atoms with van der Waals surface area (Å²) in [5.41, 5.74) is 8.07. The van der Waals surface area contributed by atoms with Crippen LogP contribution in [0.5, 0.6) is 5.75 Å². The van der Waals surface area contributed by atoms with Crippen molar-refractivity contribution in [1.82, 2.24) is 20.3 Å². The van der Waals surface area contributed by atoms with Gasteiger partial charge >= 0.3 is 0 Å². The lowest BCUT2D eigenvalue weighted by molar-refractivity contribution is 0.0906. The topological polar surface area (TPSA) is 106 Å². The van der Waals surface area contributed by atoms with E-state index in [0.29, 0.717) is 64.7 Å². The Balaban J connectivity index is 1.50. The second-order valence-corrected chi connectivity index (χ2v) is 9.54. The largest absolute Gasteiger partial charge is 0.493 e. The van der Waals surface area contributed by atoms with Crippen LogP contribution in [-0.4, -0.2) is 45.7 Å². The molecule has 2 heterocycles. The van der Waals surface area contributed by atoms with E-state index in [1.807, 2.05) is 0 Å². The van der Waals surface area contributed by atoms with Crippen molar-refractivity contribution in [2.45, 2.75) is 63.7 Å². The van der Waals surface area contributed by atoms with Crippen molar-refractivity contribution >= 4 is 16.9 Å². The van der Waals surface area contributed by atoms with Crippen LogP contribution in [-0.2, 0) is 0 Å². The highest BCUT2D eigenvalue weighted by molar-refractivity contribution is 6.09. The molecule has 3 aromatic rings. The lowest BCUT2D eigenvalue weighted by Crippen LogP contribution is -2.46. The normalized spacial score (nSPS) is 22.5. The van der Waals surface area contributed by atoms with Gasteiger partial charge in [-0.05, 0) is 56.7 Å². The van der Waals surface area contributed by atoms with Gasteiger partial charge in [-0.1, -0.05) is 0 Å². The number of nitrogens with two attached hydrogens (primary N) is 1. The third-order valence-corrected chi connectivity index (χ3v) is 6.84. The lowest BCUT2D eigenvalue weighted by Gasteiger charge is -2.29. The maximum Gasteiger partial charge on any atom is 0.263 e. The average Bonchev–Trinajstić information content (AvgIpc) is 3.59. The molecule has 2 fully saturated rings. The number of amides is 1. The predicted molar refractivity (Wildman–Crippen MR) is 125 cm³/mol. The van der Waals surface area contributed by atoms with Gasteiger partial charge in [-0.15, -0.1) is 0 Å². The van der Waals surface area contributed by atoms with E-state index in [1.54, 1.807) is 6.92 Å². The van der Waals surface area contributed by atoms with Crippen LogP contribution in [0.1, 0.15) is 60.1 Å². The molecule has 0 aliphatic heterocycles. The maximum atomic E-state index is 14.1. The minimum atomic E-state index is -2.65. The van der Waals surface area contributed by atoms with E-state index in [0.717, 1.165) is 12.8 Å². The third kappa shape index (κ3) is 4.84. The summed E-state index contributed by atoms with van der Waals surface area (Å²) in [7, 11) is 0. The molecular formula is C25H28F3N5O2. The van der Waals surface area contributed by atoms with Gasteiger partial charge in [0.2, 0.25) is 0 Å². The van der Waals surface area contributed by atoms with Crippen molar-refractivity contribution < 1.29 is 22.7 Å². The monoisotopic (exact) mass is 487 g/mol. The SMILES string of the molecule is Cc1[nH]c2c(-c3cc(C(F)F)ccc3OCC3CC3)ncnc2c1C(=O)N[C@H]1CC[C@H](N)[C@H](F)C1. The molecule has 0 spiro atoms. The minimum Gasteiger partial charge on any atom is -0.493 e. The van der Waals surface area contributed by atoms with Crippen LogP contribution >= 0.6 is 0 Å². The van der Waals surface area contributed by atoms with Crippen LogP contribution in [0.2, 0.25) is 0 Å². The number of halogens is 3. The van der Waals surface area contributed by atoms with Gasteiger partial charge in [0.05, 0.1) is 17.7 Å². The fraction of sp³-hybridized carbons (Fsp3) is 0.480. The highest BCUT2D eigenvalue weighted by Gasteiger charge is 2.31. The van der Waals surface area contributed by atoms with Crippen LogP contribution in [0, 0.1) is 12.8 Å². The van der Waals surface area contributed by atoms with Gasteiger partial charge < -0.3 is 20.8 Å². The number of carbonyl (C=O) groups is 1. The predicted octanol–water partition coefficient (Wildman–Crippen LogP) is 4.61. The van der Waals surface area contributed by atoms with Gasteiger partial charge in [-0.3, -0.25) is 4.79 Å². The molecule has 0 bridgehead atoms. The van der Waals surface area contributed by atoms with Crippen molar-refractivity contribution in [2.75, 3.05) is 6.61 Å². The highest BCUT2D eigenvalue weighted by Crippen LogP contribution is 2.38. The Morgan fingerprint density at radius 2 is 2.06 bits per heavy atom. The summed E-state index contributed by atoms with van der Waals surface area (Å²) in [6.07, 6.45) is 0.919. The van der Waals surface area contributed by atoms with E-state index in [-0.39, 0.29) is 23.9 Å². The highest BCUT2D eigenvalue weighted by atomic mass is 19.3. The molecule has 0 radical (unpaired) electrons. The van der Waals surface area contributed by atoms with E-state index in [1.165, 1.54) is 24.5 Å². The van der Waals surface area contributed by atoms with Crippen molar-refractivity contribution in [2.24, 2.45) is 11.7 Å². The second kappa shape index (κ2) is 9.49. The van der Waals surface area contributed by atoms with Gasteiger partial charge in [-0.25, -0.2) is 23.1 Å². The van der Waals surface area contributed by atoms with Crippen molar-refractivity contribution in [3.63, 3.8) is 0 Å². The first-order valence-corrected chi connectivity index (χ1v) is 11.9. The molecule has 1 aromatic carbocycles. The number of aromatic amines is 1. The number of benzene rings is 1. The number of aromatic nitrogens is 3. The van der Waals surface area contributed by atoms with Gasteiger partial charge in [0, 0.05) is 35.3 Å². The molecule has 1 amide bonds. The summed E-state index contributed by atoms with van der Waals surface area (Å²) in [6, 6.07) is 3.43. The molecule has 2 saturated carbocycles. The molecule has 186 valence electrons. The number of nitrogens with zero attached hydrogens (tertiary/aromatic N) is 2. The number of hydrogen-bond donors (Lipinski definition) is 3. The van der Waals surface area contributed by atoms with E-state index in [9.17, 15) is 18.0 Å². The zero-order valence-corrected chi connectivity index (χ0v) is 19.4. The standard InChI is InChI=1S/C25H28F3N5O2/c1-12-20(25(34)33-15-5-6-18(29)17(26)9-15)22-23(32-12)21(30-11-31-22)16-8-14(24(27)28)4-7-19(16)35-10-13-2-3-13/h4,7-8,11,13,15,17-18,24,32H,2-3,5-6,9-10,29H2,1H3,(H,33,34)/t15-,17+,18-/m0/s1. The molecule has 3 atom stereocenters. The van der Waals surface area contributed by atoms with E-state index < -0.39 is 18.6 Å². The summed E-state index contributed by atoms with van der Waals surface area (Å²) in [5.74, 6) is 0.550. The molecule has 2 aromatic heterocycles. The summed E-state index contributed by atoms with van der Waals surface area (Å²) in [5, 5.41) is 2.90. The number of hydrogen-bond acceptors (Lipinski definition) is 5. The summed E-state index contributed by atoms with van der Waals surface area (Å²) >= 11 is 0. The molecule has 5 rings (SSSR count). The summed E-state index contributed by atoms with van der Waals surface area (Å²) < 4.78 is 47.1. The molecule has 2 aliphatic carbocycles. The molecule has 2 aliphatic rings. The van der Waals surface area contributed by atoms with E-state index in [4.69, 9.17) is 10.5 Å². The maximum absolute atomic E-state index is 14.1. The number of ether oxygens (including phenoxy) is 1. The molecule has 10 heteroatoms. The van der Waals surface area contributed by atoms with Crippen molar-refractivity contribution in [1.29, 1.82) is 0 Å². The Morgan fingerprint density at radius 1 is 1.26 bits per heavy atom. The zero-order valence-electron chi connectivity index (χ0n) is 19.4. The van der Waals surface area contributed by atoms with Crippen LogP contribution < -0.4 is 15.8 Å². The first-order valence-electron chi connectivity index (χ1n) is 11.9. The third-order valence-electron chi connectivity index (χ3n) is 6.84. The Labute approximate surface area is 200 Å². The quantitative estimate of drug-likeness (QED) is 0.451. The number of rotatable bonds is 7. The molecular weight excluding hydrogens is 459 g/mol. The molecule has 7 nitrogen and oxygen atoms in total. The average molecular weight is 488 g/mol. The van der Waals surface area contributed by atoms with E-state index in [2.05, 4.69) is 20.3 Å². The number of carbonyl (C=O) groups excluding carboxylic acids is 1. The Kier molecular flexibility index (Phi) is 6.39. The Morgan fingerprint density at radius 3 is 2.77 bits per heavy atom. The van der Waals surface area contributed by atoms with Crippen molar-refractivity contribution in [3.05, 3.63) is 41.3 Å². The number of aryl methyl sites for hydroxylation is 1. The summed E-state index contributed by atoms with van der Waals surface area (Å²) in [4.78, 5) is 25.0. The first kappa shape index (κ1) is 23.6. The van der Waals surface area contributed by atoms with Crippen LogP contribution in [0.15, 0.2) is 24.5 Å². The van der Waals surface area contributed by atoms with Crippen LogP contribution in [0.3, 0.4) is 0 Å². The zero-order chi connectivity index (χ0) is 24.7. The molecule has 4 N–H and O–H groups in total. The number of H-pyrrole nitrogens is 1. The minimum absolute atomic E-state index is 0.150. The smallest absolute Gasteiger partial charge is 0.263 e. The van der Waals surface area contributed by atoms with Gasteiger partial charge in [-0.2, -0.15) is 0 Å². The van der Waals surface area contributed by atoms with Gasteiger partial charge in [0.15, 0.2) is 0 Å². The van der Waals surface area contributed by atoms with E-state index >= 15 is 0 Å².